The summed E-state index contributed by atoms with van der Waals surface area (Å²) in [4.78, 5) is 47.8. The molecule has 8 nitrogen and oxygen atoms in total. The van der Waals surface area contributed by atoms with E-state index in [4.69, 9.17) is 0 Å². The third-order valence-electron chi connectivity index (χ3n) is 5.81. The number of carboxylic acid groups (broad SMARTS) is 2. The molecule has 1 aliphatic carbocycles. The van der Waals surface area contributed by atoms with E-state index < -0.39 is 41.1 Å². The summed E-state index contributed by atoms with van der Waals surface area (Å²) in [5, 5.41) is 29.5. The Hall–Kier alpha value is -2.48. The minimum atomic E-state index is -1.89. The molecule has 0 amide bonds. The first kappa shape index (κ1) is 26.6. The second-order valence-corrected chi connectivity index (χ2v) is 7.97. The van der Waals surface area contributed by atoms with Crippen molar-refractivity contribution in [1.29, 1.82) is 0 Å². The molecular formula is C23H34O8. The lowest BCUT2D eigenvalue weighted by molar-refractivity contribution is -0.156. The fourth-order valence-corrected chi connectivity index (χ4v) is 3.93. The van der Waals surface area contributed by atoms with E-state index in [1.165, 1.54) is 19.3 Å². The molecule has 0 saturated heterocycles. The molecule has 8 heteroatoms. The molecule has 0 spiro atoms. The number of ketones is 1. The van der Waals surface area contributed by atoms with Crippen molar-refractivity contribution in [3.05, 3.63) is 24.3 Å². The molecule has 31 heavy (non-hydrogen) atoms. The van der Waals surface area contributed by atoms with Crippen molar-refractivity contribution in [2.45, 2.75) is 70.8 Å². The fraction of sp³-hybridized carbons (Fsp3) is 0.652. The SMILES string of the molecule is CCCCCC(O)C=CC1C[C@@H](C(=O)O)C(=O)[C@]1(CC=CCCCC(=O)OC)C(=O)O. The van der Waals surface area contributed by atoms with E-state index in [-0.39, 0.29) is 25.2 Å². The van der Waals surface area contributed by atoms with E-state index in [9.17, 15) is 34.5 Å². The zero-order valence-electron chi connectivity index (χ0n) is 18.3. The average Bonchev–Trinajstić information content (AvgIpc) is 3.01. The number of aliphatic carboxylic acids is 2. The van der Waals surface area contributed by atoms with Crippen molar-refractivity contribution < 1.29 is 39.2 Å². The second kappa shape index (κ2) is 13.0. The Labute approximate surface area is 183 Å². The standard InChI is InChI=1S/C23H34O8/c1-3-4-7-10-17(24)13-12-16-15-18(21(27)28)20(26)23(16,22(29)30)14-9-6-5-8-11-19(25)31-2/h6,9,12-13,16-18,24H,3-5,7-8,10-11,14-15H2,1-2H3,(H,27,28)(H,29,30)/t16?,17?,18-,23-/m1/s1. The third-order valence-corrected chi connectivity index (χ3v) is 5.81. The summed E-state index contributed by atoms with van der Waals surface area (Å²) in [7, 11) is 1.30. The van der Waals surface area contributed by atoms with Gasteiger partial charge in [-0.3, -0.25) is 19.2 Å². The van der Waals surface area contributed by atoms with E-state index in [0.717, 1.165) is 19.3 Å². The van der Waals surface area contributed by atoms with Crippen LogP contribution < -0.4 is 0 Å². The van der Waals surface area contributed by atoms with Gasteiger partial charge < -0.3 is 20.1 Å². The molecule has 0 bridgehead atoms. The van der Waals surface area contributed by atoms with Gasteiger partial charge in [0.25, 0.3) is 0 Å². The number of unbranched alkanes of at least 4 members (excludes halogenated alkanes) is 3. The Bertz CT molecular complexity index is 696. The van der Waals surface area contributed by atoms with Crippen molar-refractivity contribution in [1.82, 2.24) is 0 Å². The number of carbonyl (C=O) groups is 4. The Kier molecular flexibility index (Phi) is 11.2. The van der Waals surface area contributed by atoms with E-state index in [1.807, 2.05) is 6.92 Å². The van der Waals surface area contributed by atoms with Crippen LogP contribution in [0.4, 0.5) is 0 Å². The molecule has 0 aromatic carbocycles. The average molecular weight is 439 g/mol. The van der Waals surface area contributed by atoms with Gasteiger partial charge in [0.15, 0.2) is 5.78 Å². The van der Waals surface area contributed by atoms with E-state index in [0.29, 0.717) is 19.3 Å². The smallest absolute Gasteiger partial charge is 0.318 e. The van der Waals surface area contributed by atoms with Crippen LogP contribution in [-0.4, -0.2) is 52.2 Å². The van der Waals surface area contributed by atoms with Crippen molar-refractivity contribution in [2.75, 3.05) is 7.11 Å². The number of rotatable bonds is 14. The number of hydrogen-bond acceptors (Lipinski definition) is 6. The Morgan fingerprint density at radius 3 is 2.48 bits per heavy atom. The van der Waals surface area contributed by atoms with Gasteiger partial charge in [-0.05, 0) is 32.1 Å². The first-order valence-corrected chi connectivity index (χ1v) is 10.8. The van der Waals surface area contributed by atoms with Crippen LogP contribution in [0.3, 0.4) is 0 Å². The molecule has 174 valence electrons. The number of hydrogen-bond donors (Lipinski definition) is 3. The number of esters is 1. The van der Waals surface area contributed by atoms with Gasteiger partial charge in [0.1, 0.15) is 11.3 Å². The first-order chi connectivity index (χ1) is 14.7. The van der Waals surface area contributed by atoms with Crippen LogP contribution in [0.2, 0.25) is 0 Å². The number of ether oxygens (including phenoxy) is 1. The van der Waals surface area contributed by atoms with Gasteiger partial charge >= 0.3 is 17.9 Å². The highest BCUT2D eigenvalue weighted by molar-refractivity contribution is 6.13. The summed E-state index contributed by atoms with van der Waals surface area (Å²) < 4.78 is 4.56. The second-order valence-electron chi connectivity index (χ2n) is 7.97. The highest BCUT2D eigenvalue weighted by Crippen LogP contribution is 2.48. The molecule has 0 aromatic rings. The Morgan fingerprint density at radius 1 is 1.19 bits per heavy atom. The summed E-state index contributed by atoms with van der Waals surface area (Å²) in [5.41, 5.74) is -1.89. The monoisotopic (exact) mass is 438 g/mol. The van der Waals surface area contributed by atoms with Gasteiger partial charge in [-0.1, -0.05) is 50.5 Å². The predicted molar refractivity (Wildman–Crippen MR) is 113 cm³/mol. The van der Waals surface area contributed by atoms with Crippen molar-refractivity contribution in [2.24, 2.45) is 17.3 Å². The number of allylic oxidation sites excluding steroid dienone is 3. The summed E-state index contributed by atoms with van der Waals surface area (Å²) in [6, 6.07) is 0. The number of Topliss-reactive ketones (excluding diaryl/α,β-unsaturated/α-hetero) is 1. The molecule has 1 aliphatic rings. The number of aliphatic hydroxyl groups is 1. The van der Waals surface area contributed by atoms with Crippen molar-refractivity contribution in [3.63, 3.8) is 0 Å². The highest BCUT2D eigenvalue weighted by atomic mass is 16.5. The maximum absolute atomic E-state index is 12.9. The molecule has 2 unspecified atom stereocenters. The van der Waals surface area contributed by atoms with Gasteiger partial charge in [-0.25, -0.2) is 0 Å². The van der Waals surface area contributed by atoms with Crippen molar-refractivity contribution in [3.8, 4) is 0 Å². The van der Waals surface area contributed by atoms with E-state index in [1.54, 1.807) is 12.2 Å². The largest absolute Gasteiger partial charge is 0.481 e. The predicted octanol–water partition coefficient (Wildman–Crippen LogP) is 3.13. The number of carboxylic acids is 2. The fourth-order valence-electron chi connectivity index (χ4n) is 3.93. The lowest BCUT2D eigenvalue weighted by Crippen LogP contribution is -2.42. The minimum absolute atomic E-state index is 0.116. The Balaban J connectivity index is 2.98. The molecule has 1 saturated carbocycles. The van der Waals surface area contributed by atoms with Crippen LogP contribution in [0.15, 0.2) is 24.3 Å². The van der Waals surface area contributed by atoms with Crippen LogP contribution in [-0.2, 0) is 23.9 Å². The van der Waals surface area contributed by atoms with Crippen LogP contribution in [0.5, 0.6) is 0 Å². The summed E-state index contributed by atoms with van der Waals surface area (Å²) >= 11 is 0. The van der Waals surface area contributed by atoms with Gasteiger partial charge in [-0.15, -0.1) is 0 Å². The lowest BCUT2D eigenvalue weighted by Gasteiger charge is -2.27. The topological polar surface area (TPSA) is 138 Å². The third kappa shape index (κ3) is 7.31. The number of carbonyl (C=O) groups excluding carboxylic acids is 2. The Morgan fingerprint density at radius 2 is 1.90 bits per heavy atom. The zero-order valence-corrected chi connectivity index (χ0v) is 18.3. The van der Waals surface area contributed by atoms with E-state index in [2.05, 4.69) is 4.74 Å². The lowest BCUT2D eigenvalue weighted by atomic mass is 9.73. The number of methoxy groups -OCH3 is 1. The van der Waals surface area contributed by atoms with E-state index >= 15 is 0 Å². The molecule has 0 aliphatic heterocycles. The van der Waals surface area contributed by atoms with Crippen LogP contribution in [0, 0.1) is 17.3 Å². The molecular weight excluding hydrogens is 404 g/mol. The van der Waals surface area contributed by atoms with Crippen LogP contribution >= 0.6 is 0 Å². The van der Waals surface area contributed by atoms with Crippen LogP contribution in [0.25, 0.3) is 0 Å². The first-order valence-electron chi connectivity index (χ1n) is 10.8. The molecule has 3 N–H and O–H groups in total. The molecule has 1 fully saturated rings. The molecule has 1 rings (SSSR count). The maximum atomic E-state index is 12.9. The van der Waals surface area contributed by atoms with Gasteiger partial charge in [-0.2, -0.15) is 0 Å². The number of aliphatic hydroxyl groups excluding tert-OH is 1. The normalized spacial score (nSPS) is 24.7. The highest BCUT2D eigenvalue weighted by Gasteiger charge is 2.60. The summed E-state index contributed by atoms with van der Waals surface area (Å²) in [6.45, 7) is 2.04. The van der Waals surface area contributed by atoms with Crippen molar-refractivity contribution >= 4 is 23.7 Å². The quantitative estimate of drug-likeness (QED) is 0.163. The molecule has 0 radical (unpaired) electrons. The maximum Gasteiger partial charge on any atom is 0.318 e. The van der Waals surface area contributed by atoms with Gasteiger partial charge in [0.2, 0.25) is 0 Å². The molecule has 0 aromatic heterocycles. The zero-order chi connectivity index (χ0) is 23.4. The van der Waals surface area contributed by atoms with Gasteiger partial charge in [0.05, 0.1) is 13.2 Å². The minimum Gasteiger partial charge on any atom is -0.481 e. The molecule has 0 heterocycles. The summed E-state index contributed by atoms with van der Waals surface area (Å²) in [5.74, 6) is -6.09. The summed E-state index contributed by atoms with van der Waals surface area (Å²) in [6.07, 6.45) is 9.75. The molecule has 4 atom stereocenters. The van der Waals surface area contributed by atoms with Gasteiger partial charge in [0, 0.05) is 12.3 Å². The van der Waals surface area contributed by atoms with Crippen LogP contribution in [0.1, 0.15) is 64.7 Å².